The lowest BCUT2D eigenvalue weighted by Gasteiger charge is -2.54. The number of anilines is 1. The lowest BCUT2D eigenvalue weighted by atomic mass is 9.72. The first-order valence-electron chi connectivity index (χ1n) is 14.5. The molecule has 8 nitrogen and oxygen atoms in total. The van der Waals surface area contributed by atoms with Gasteiger partial charge in [0.25, 0.3) is 0 Å². The normalized spacial score (nSPS) is 16.3. The SMILES string of the molecule is C=CC(=O)N1CCC2(CC1)CN(Cc1ccc(-n3c(-c4cccnc4N)cc4ncc(-c5ccc(F)cn5)cc43)cc1)C2. The van der Waals surface area contributed by atoms with E-state index in [4.69, 9.17) is 10.7 Å². The predicted octanol–water partition coefficient (Wildman–Crippen LogP) is 5.48. The van der Waals surface area contributed by atoms with E-state index in [2.05, 4.69) is 50.3 Å². The highest BCUT2D eigenvalue weighted by Gasteiger charge is 2.44. The Morgan fingerprint density at radius 3 is 2.49 bits per heavy atom. The molecule has 0 atom stereocenters. The number of piperidine rings is 1. The lowest BCUT2D eigenvalue weighted by Crippen LogP contribution is -2.60. The summed E-state index contributed by atoms with van der Waals surface area (Å²) in [5.41, 5.74) is 13.7. The van der Waals surface area contributed by atoms with Crippen LogP contribution in [-0.2, 0) is 11.3 Å². The van der Waals surface area contributed by atoms with Crippen LogP contribution in [0.4, 0.5) is 10.2 Å². The van der Waals surface area contributed by atoms with E-state index in [9.17, 15) is 9.18 Å². The van der Waals surface area contributed by atoms with Crippen LogP contribution >= 0.6 is 0 Å². The van der Waals surface area contributed by atoms with E-state index in [1.807, 2.05) is 29.2 Å². The van der Waals surface area contributed by atoms with E-state index in [1.165, 1.54) is 23.9 Å². The van der Waals surface area contributed by atoms with Crippen molar-refractivity contribution >= 4 is 22.8 Å². The minimum atomic E-state index is -0.380. The van der Waals surface area contributed by atoms with Gasteiger partial charge in [0, 0.05) is 61.9 Å². The van der Waals surface area contributed by atoms with Crippen molar-refractivity contribution < 1.29 is 9.18 Å². The van der Waals surface area contributed by atoms with E-state index in [1.54, 1.807) is 18.5 Å². The largest absolute Gasteiger partial charge is 0.383 e. The summed E-state index contributed by atoms with van der Waals surface area (Å²) in [5.74, 6) is 0.0967. The van der Waals surface area contributed by atoms with Crippen LogP contribution in [0.2, 0.25) is 0 Å². The van der Waals surface area contributed by atoms with Gasteiger partial charge in [0.05, 0.1) is 28.6 Å². The number of benzene rings is 1. The monoisotopic (exact) mass is 573 g/mol. The van der Waals surface area contributed by atoms with Crippen LogP contribution in [0, 0.1) is 11.2 Å². The predicted molar refractivity (Wildman–Crippen MR) is 166 cm³/mol. The van der Waals surface area contributed by atoms with Gasteiger partial charge in [0.1, 0.15) is 11.6 Å². The second-order valence-corrected chi connectivity index (χ2v) is 11.6. The molecular weight excluding hydrogens is 541 g/mol. The molecule has 2 fully saturated rings. The van der Waals surface area contributed by atoms with Crippen LogP contribution in [0.5, 0.6) is 0 Å². The summed E-state index contributed by atoms with van der Waals surface area (Å²) in [6.45, 7) is 8.25. The number of amides is 1. The fraction of sp³-hybridized carbons (Fsp3) is 0.235. The van der Waals surface area contributed by atoms with Crippen LogP contribution in [0.3, 0.4) is 0 Å². The van der Waals surface area contributed by atoms with E-state index >= 15 is 0 Å². The maximum Gasteiger partial charge on any atom is 0.245 e. The fourth-order valence-electron chi connectivity index (χ4n) is 6.54. The number of nitrogen functional groups attached to an aromatic ring is 1. The number of pyridine rings is 3. The molecule has 216 valence electrons. The summed E-state index contributed by atoms with van der Waals surface area (Å²) in [5, 5.41) is 0. The van der Waals surface area contributed by atoms with Gasteiger partial charge in [-0.2, -0.15) is 0 Å². The molecule has 0 radical (unpaired) electrons. The quantitative estimate of drug-likeness (QED) is 0.271. The first-order valence-corrected chi connectivity index (χ1v) is 14.5. The second kappa shape index (κ2) is 10.7. The second-order valence-electron chi connectivity index (χ2n) is 11.6. The Kier molecular flexibility index (Phi) is 6.74. The molecule has 0 bridgehead atoms. The topological polar surface area (TPSA) is 93.2 Å². The Hall–Kier alpha value is -4.89. The lowest BCUT2D eigenvalue weighted by molar-refractivity contribution is -0.131. The highest BCUT2D eigenvalue weighted by atomic mass is 19.1. The summed E-state index contributed by atoms with van der Waals surface area (Å²) in [7, 11) is 0. The number of carbonyl (C=O) groups is 1. The molecule has 0 unspecified atom stereocenters. The number of likely N-dealkylation sites (tertiary alicyclic amines) is 2. The number of nitrogens with two attached hydrogens (primary N) is 1. The molecule has 4 aromatic heterocycles. The number of carbonyl (C=O) groups excluding carboxylic acids is 1. The zero-order chi connectivity index (χ0) is 29.6. The Morgan fingerprint density at radius 1 is 1.00 bits per heavy atom. The molecule has 6 heterocycles. The molecule has 1 spiro atoms. The molecule has 0 aliphatic carbocycles. The number of hydrogen-bond donors (Lipinski definition) is 1. The molecule has 9 heteroatoms. The minimum Gasteiger partial charge on any atom is -0.383 e. The highest BCUT2D eigenvalue weighted by Crippen LogP contribution is 2.41. The summed E-state index contributed by atoms with van der Waals surface area (Å²) in [6, 6.07) is 19.5. The zero-order valence-corrected chi connectivity index (χ0v) is 23.8. The van der Waals surface area contributed by atoms with Gasteiger partial charge in [-0.1, -0.05) is 18.7 Å². The third-order valence-electron chi connectivity index (χ3n) is 8.82. The van der Waals surface area contributed by atoms with Crippen LogP contribution < -0.4 is 5.73 Å². The molecule has 1 aromatic carbocycles. The number of fused-ring (bicyclic) bond motifs is 1. The van der Waals surface area contributed by atoms with Crippen molar-refractivity contribution in [3.63, 3.8) is 0 Å². The standard InChI is InChI=1S/C34H32FN7O/c1-2-32(43)41-14-11-34(12-15-41)21-40(22-34)20-23-5-8-26(9-6-23)42-30(27-4-3-13-37-33(27)36)17-29-31(42)16-24(18-38-29)28-10-7-25(35)19-39-28/h2-10,13,16-19H,1,11-12,14-15,20-22H2,(H2,36,37). The number of hydrogen-bond acceptors (Lipinski definition) is 6. The molecule has 1 amide bonds. The van der Waals surface area contributed by atoms with Crippen molar-refractivity contribution in [1.29, 1.82) is 0 Å². The maximum absolute atomic E-state index is 13.5. The average Bonchev–Trinajstić information content (AvgIpc) is 3.40. The van der Waals surface area contributed by atoms with Crippen molar-refractivity contribution in [3.8, 4) is 28.2 Å². The fourth-order valence-corrected chi connectivity index (χ4v) is 6.54. The van der Waals surface area contributed by atoms with E-state index < -0.39 is 0 Å². The van der Waals surface area contributed by atoms with Gasteiger partial charge in [-0.3, -0.25) is 19.7 Å². The van der Waals surface area contributed by atoms with Gasteiger partial charge in [0.15, 0.2) is 0 Å². The van der Waals surface area contributed by atoms with Crippen LogP contribution in [-0.4, -0.2) is 61.4 Å². The molecule has 2 N–H and O–H groups in total. The summed E-state index contributed by atoms with van der Waals surface area (Å²) < 4.78 is 15.7. The molecule has 2 saturated heterocycles. The Bertz CT molecular complexity index is 1810. The van der Waals surface area contributed by atoms with Crippen molar-refractivity contribution in [2.45, 2.75) is 19.4 Å². The third-order valence-corrected chi connectivity index (χ3v) is 8.82. The number of nitrogens with zero attached hydrogens (tertiary/aromatic N) is 6. The van der Waals surface area contributed by atoms with Gasteiger partial charge < -0.3 is 15.2 Å². The van der Waals surface area contributed by atoms with E-state index in [0.29, 0.717) is 16.9 Å². The average molecular weight is 574 g/mol. The van der Waals surface area contributed by atoms with Crippen molar-refractivity contribution in [1.82, 2.24) is 29.3 Å². The van der Waals surface area contributed by atoms with Gasteiger partial charge >= 0.3 is 0 Å². The van der Waals surface area contributed by atoms with Gasteiger partial charge in [0.2, 0.25) is 5.91 Å². The minimum absolute atomic E-state index is 0.0371. The number of aromatic nitrogens is 4. The van der Waals surface area contributed by atoms with Gasteiger partial charge in [-0.15, -0.1) is 0 Å². The van der Waals surface area contributed by atoms with Crippen LogP contribution in [0.1, 0.15) is 18.4 Å². The van der Waals surface area contributed by atoms with Crippen molar-refractivity contribution in [2.75, 3.05) is 31.9 Å². The van der Waals surface area contributed by atoms with Crippen molar-refractivity contribution in [2.24, 2.45) is 5.41 Å². The number of halogens is 1. The van der Waals surface area contributed by atoms with Crippen LogP contribution in [0.25, 0.3) is 39.2 Å². The van der Waals surface area contributed by atoms with Crippen molar-refractivity contribution in [3.05, 3.63) is 103 Å². The highest BCUT2D eigenvalue weighted by molar-refractivity contribution is 5.90. The third kappa shape index (κ3) is 5.06. The Labute approximate surface area is 249 Å². The maximum atomic E-state index is 13.5. The number of rotatable bonds is 6. The Balaban J connectivity index is 1.16. The molecular formula is C34H32FN7O. The molecule has 0 saturated carbocycles. The molecule has 43 heavy (non-hydrogen) atoms. The first kappa shape index (κ1) is 27.0. The van der Waals surface area contributed by atoms with E-state index in [-0.39, 0.29) is 11.7 Å². The summed E-state index contributed by atoms with van der Waals surface area (Å²) in [4.78, 5) is 29.7. The molecule has 7 rings (SSSR count). The Morgan fingerprint density at radius 2 is 1.79 bits per heavy atom. The first-order chi connectivity index (χ1) is 20.9. The van der Waals surface area contributed by atoms with Gasteiger partial charge in [-0.05, 0) is 78.4 Å². The molecule has 2 aliphatic heterocycles. The summed E-state index contributed by atoms with van der Waals surface area (Å²) in [6.07, 6.45) is 8.16. The van der Waals surface area contributed by atoms with Crippen LogP contribution in [0.15, 0.2) is 91.9 Å². The molecule has 2 aliphatic rings. The molecule has 5 aromatic rings. The summed E-state index contributed by atoms with van der Waals surface area (Å²) >= 11 is 0. The van der Waals surface area contributed by atoms with Gasteiger partial charge in [-0.25, -0.2) is 9.37 Å². The smallest absolute Gasteiger partial charge is 0.245 e. The van der Waals surface area contributed by atoms with E-state index in [0.717, 1.165) is 79.1 Å². The zero-order valence-electron chi connectivity index (χ0n) is 23.8.